The van der Waals surface area contributed by atoms with Crippen LogP contribution in [0.1, 0.15) is 29.4 Å². The van der Waals surface area contributed by atoms with Crippen LogP contribution in [-0.2, 0) is 11.3 Å². The quantitative estimate of drug-likeness (QED) is 0.839. The number of nitrogens with zero attached hydrogens (tertiary/aromatic N) is 1. The molecule has 86 valence electrons. The van der Waals surface area contributed by atoms with E-state index < -0.39 is 0 Å². The monoisotopic (exact) mass is 228 g/mol. The van der Waals surface area contributed by atoms with Crippen molar-refractivity contribution in [2.75, 3.05) is 7.11 Å². The van der Waals surface area contributed by atoms with Crippen LogP contribution in [0.4, 0.5) is 0 Å². The maximum Gasteiger partial charge on any atom is 0.0900 e. The molecule has 0 spiro atoms. The predicted molar refractivity (Wildman–Crippen MR) is 64.4 cm³/mol. The number of aryl methyl sites for hydroxylation is 2. The van der Waals surface area contributed by atoms with Gasteiger partial charge in [-0.3, -0.25) is 0 Å². The summed E-state index contributed by atoms with van der Waals surface area (Å²) in [6.07, 6.45) is 0.235. The molecular formula is C11H20N2OS. The fourth-order valence-corrected chi connectivity index (χ4v) is 2.25. The maximum absolute atomic E-state index is 5.26. The first-order valence-electron chi connectivity index (χ1n) is 5.23. The van der Waals surface area contributed by atoms with E-state index in [4.69, 9.17) is 4.74 Å². The summed E-state index contributed by atoms with van der Waals surface area (Å²) in [4.78, 5) is 5.72. The number of hydrogen-bond acceptors (Lipinski definition) is 4. The molecule has 15 heavy (non-hydrogen) atoms. The second-order valence-corrected chi connectivity index (χ2v) is 5.14. The molecule has 0 saturated carbocycles. The zero-order chi connectivity index (χ0) is 11.4. The van der Waals surface area contributed by atoms with Crippen LogP contribution in [0, 0.1) is 13.8 Å². The van der Waals surface area contributed by atoms with Crippen molar-refractivity contribution >= 4 is 11.3 Å². The number of methoxy groups -OCH3 is 1. The zero-order valence-electron chi connectivity index (χ0n) is 10.1. The highest BCUT2D eigenvalue weighted by Crippen LogP contribution is 2.16. The second kappa shape index (κ2) is 5.58. The van der Waals surface area contributed by atoms with Crippen molar-refractivity contribution in [3.8, 4) is 0 Å². The Balaban J connectivity index is 2.46. The van der Waals surface area contributed by atoms with Crippen molar-refractivity contribution < 1.29 is 4.74 Å². The van der Waals surface area contributed by atoms with Crippen LogP contribution in [0.2, 0.25) is 0 Å². The lowest BCUT2D eigenvalue weighted by Crippen LogP contribution is -2.36. The first-order chi connectivity index (χ1) is 7.04. The number of thiazole rings is 1. The molecule has 4 heteroatoms. The van der Waals surface area contributed by atoms with Gasteiger partial charge >= 0.3 is 0 Å². The predicted octanol–water partition coefficient (Wildman–Crippen LogP) is 2.27. The molecule has 0 aliphatic carbocycles. The maximum atomic E-state index is 5.26. The van der Waals surface area contributed by atoms with Crippen molar-refractivity contribution in [1.82, 2.24) is 10.3 Å². The van der Waals surface area contributed by atoms with Gasteiger partial charge in [-0.2, -0.15) is 0 Å². The fourth-order valence-electron chi connectivity index (χ4n) is 1.36. The molecular weight excluding hydrogens is 208 g/mol. The standard InChI is InChI=1S/C11H20N2OS/c1-7(9(3)14-5)12-6-11-8(2)13-10(4)15-11/h7,9,12H,6H2,1-5H3. The number of nitrogens with one attached hydrogen (secondary N) is 1. The van der Waals surface area contributed by atoms with Crippen molar-refractivity contribution in [2.24, 2.45) is 0 Å². The molecule has 0 saturated heterocycles. The molecule has 0 aliphatic heterocycles. The zero-order valence-corrected chi connectivity index (χ0v) is 10.9. The van der Waals surface area contributed by atoms with Crippen molar-refractivity contribution in [3.05, 3.63) is 15.6 Å². The van der Waals surface area contributed by atoms with Gasteiger partial charge in [-0.25, -0.2) is 4.98 Å². The molecule has 0 radical (unpaired) electrons. The van der Waals surface area contributed by atoms with Gasteiger partial charge in [-0.1, -0.05) is 0 Å². The van der Waals surface area contributed by atoms with Gasteiger partial charge in [0.05, 0.1) is 16.8 Å². The number of ether oxygens (including phenoxy) is 1. The van der Waals surface area contributed by atoms with E-state index in [0.29, 0.717) is 6.04 Å². The Bertz CT molecular complexity index is 312. The summed E-state index contributed by atoms with van der Waals surface area (Å²) in [6.45, 7) is 9.19. The molecule has 1 aromatic rings. The molecule has 2 unspecified atom stereocenters. The summed E-state index contributed by atoms with van der Waals surface area (Å²) in [6, 6.07) is 0.358. The number of rotatable bonds is 5. The van der Waals surface area contributed by atoms with Gasteiger partial charge in [0, 0.05) is 24.6 Å². The van der Waals surface area contributed by atoms with Crippen LogP contribution in [0.3, 0.4) is 0 Å². The largest absolute Gasteiger partial charge is 0.380 e. The lowest BCUT2D eigenvalue weighted by Gasteiger charge is -2.19. The fraction of sp³-hybridized carbons (Fsp3) is 0.727. The molecule has 1 N–H and O–H groups in total. The van der Waals surface area contributed by atoms with Crippen LogP contribution in [0.25, 0.3) is 0 Å². The van der Waals surface area contributed by atoms with E-state index in [1.165, 1.54) is 4.88 Å². The van der Waals surface area contributed by atoms with E-state index >= 15 is 0 Å². The SMILES string of the molecule is COC(C)C(C)NCc1sc(C)nc1C. The van der Waals surface area contributed by atoms with Crippen LogP contribution >= 0.6 is 11.3 Å². The van der Waals surface area contributed by atoms with Crippen LogP contribution in [0.15, 0.2) is 0 Å². The average molecular weight is 228 g/mol. The topological polar surface area (TPSA) is 34.1 Å². The molecule has 2 atom stereocenters. The van der Waals surface area contributed by atoms with Gasteiger partial charge in [0.1, 0.15) is 0 Å². The van der Waals surface area contributed by atoms with Gasteiger partial charge in [0.25, 0.3) is 0 Å². The van der Waals surface area contributed by atoms with Gasteiger partial charge < -0.3 is 10.1 Å². The van der Waals surface area contributed by atoms with E-state index in [1.807, 2.05) is 6.92 Å². The Morgan fingerprint density at radius 3 is 2.53 bits per heavy atom. The minimum Gasteiger partial charge on any atom is -0.380 e. The molecule has 0 fully saturated rings. The molecule has 3 nitrogen and oxygen atoms in total. The van der Waals surface area contributed by atoms with Crippen LogP contribution < -0.4 is 5.32 Å². The summed E-state index contributed by atoms with van der Waals surface area (Å²) in [5, 5.41) is 4.59. The van der Waals surface area contributed by atoms with Crippen molar-refractivity contribution in [1.29, 1.82) is 0 Å². The summed E-state index contributed by atoms with van der Waals surface area (Å²) in [7, 11) is 1.74. The molecule has 0 aliphatic rings. The second-order valence-electron chi connectivity index (χ2n) is 3.85. The third kappa shape index (κ3) is 3.55. The third-order valence-electron chi connectivity index (χ3n) is 2.66. The van der Waals surface area contributed by atoms with E-state index in [9.17, 15) is 0 Å². The van der Waals surface area contributed by atoms with E-state index in [2.05, 4.69) is 31.1 Å². The molecule has 1 heterocycles. The minimum absolute atomic E-state index is 0.235. The molecule has 0 bridgehead atoms. The Labute approximate surface area is 95.9 Å². The normalized spacial score (nSPS) is 15.3. The minimum atomic E-state index is 0.235. The summed E-state index contributed by atoms with van der Waals surface area (Å²) < 4.78 is 5.26. The lowest BCUT2D eigenvalue weighted by molar-refractivity contribution is 0.0883. The average Bonchev–Trinajstić information content (AvgIpc) is 2.52. The smallest absolute Gasteiger partial charge is 0.0900 e. The highest BCUT2D eigenvalue weighted by atomic mass is 32.1. The summed E-state index contributed by atoms with van der Waals surface area (Å²) in [5.41, 5.74) is 1.14. The van der Waals surface area contributed by atoms with Crippen LogP contribution in [-0.4, -0.2) is 24.2 Å². The van der Waals surface area contributed by atoms with E-state index in [-0.39, 0.29) is 6.10 Å². The Morgan fingerprint density at radius 2 is 2.07 bits per heavy atom. The van der Waals surface area contributed by atoms with Gasteiger partial charge in [-0.15, -0.1) is 11.3 Å². The summed E-state index contributed by atoms with van der Waals surface area (Å²) in [5.74, 6) is 0. The van der Waals surface area contributed by atoms with Gasteiger partial charge in [0.15, 0.2) is 0 Å². The molecule has 1 aromatic heterocycles. The Kier molecular flexibility index (Phi) is 4.70. The van der Waals surface area contributed by atoms with E-state index in [1.54, 1.807) is 18.4 Å². The molecule has 0 aromatic carbocycles. The third-order valence-corrected chi connectivity index (χ3v) is 3.73. The van der Waals surface area contributed by atoms with E-state index in [0.717, 1.165) is 17.2 Å². The van der Waals surface area contributed by atoms with Crippen molar-refractivity contribution in [3.63, 3.8) is 0 Å². The Morgan fingerprint density at radius 1 is 1.40 bits per heavy atom. The summed E-state index contributed by atoms with van der Waals surface area (Å²) >= 11 is 1.76. The highest BCUT2D eigenvalue weighted by Gasteiger charge is 2.11. The lowest BCUT2D eigenvalue weighted by atomic mass is 10.2. The first kappa shape index (κ1) is 12.6. The molecule has 0 amide bonds. The molecule has 1 rings (SSSR count). The van der Waals surface area contributed by atoms with Gasteiger partial charge in [0.2, 0.25) is 0 Å². The Hall–Kier alpha value is -0.450. The van der Waals surface area contributed by atoms with Gasteiger partial charge in [-0.05, 0) is 27.7 Å². The van der Waals surface area contributed by atoms with Crippen LogP contribution in [0.5, 0.6) is 0 Å². The number of aromatic nitrogens is 1. The number of hydrogen-bond donors (Lipinski definition) is 1. The first-order valence-corrected chi connectivity index (χ1v) is 6.05. The van der Waals surface area contributed by atoms with Crippen molar-refractivity contribution in [2.45, 2.75) is 46.4 Å². The highest BCUT2D eigenvalue weighted by molar-refractivity contribution is 7.11.